The largest absolute Gasteiger partial charge is 0.507 e. The molecule has 0 rings (SSSR count). The van der Waals surface area contributed by atoms with Gasteiger partial charge in [-0.2, -0.15) is 0 Å². The van der Waals surface area contributed by atoms with E-state index < -0.39 is 23.3 Å². The van der Waals surface area contributed by atoms with Crippen molar-refractivity contribution in [2.45, 2.75) is 6.92 Å². The maximum absolute atomic E-state index is 10.5. The second-order valence-corrected chi connectivity index (χ2v) is 2.36. The molecule has 0 heterocycles. The summed E-state index contributed by atoms with van der Waals surface area (Å²) in [6, 6.07) is 0. The van der Waals surface area contributed by atoms with Crippen molar-refractivity contribution in [2.75, 3.05) is 0 Å². The summed E-state index contributed by atoms with van der Waals surface area (Å²) in [5, 5.41) is 26.1. The van der Waals surface area contributed by atoms with Crippen LogP contribution in [-0.2, 0) is 9.59 Å². The van der Waals surface area contributed by atoms with Crippen molar-refractivity contribution in [1.82, 2.24) is 0 Å². The van der Waals surface area contributed by atoms with Crippen molar-refractivity contribution in [2.24, 2.45) is 0 Å². The van der Waals surface area contributed by atoms with Crippen molar-refractivity contribution in [1.29, 1.82) is 0 Å². The molecule has 5 heteroatoms. The van der Waals surface area contributed by atoms with E-state index in [4.69, 9.17) is 15.3 Å². The zero-order valence-electron chi connectivity index (χ0n) is 7.52. The number of rotatable bonds is 4. The van der Waals surface area contributed by atoms with Gasteiger partial charge in [0.1, 0.15) is 5.76 Å². The molecule has 0 aliphatic rings. The molecule has 0 aromatic carbocycles. The van der Waals surface area contributed by atoms with Crippen LogP contribution >= 0.6 is 0 Å². The van der Waals surface area contributed by atoms with Gasteiger partial charge >= 0.3 is 11.9 Å². The van der Waals surface area contributed by atoms with Gasteiger partial charge in [-0.3, -0.25) is 0 Å². The van der Waals surface area contributed by atoms with E-state index in [0.29, 0.717) is 0 Å². The fourth-order valence-corrected chi connectivity index (χ4v) is 0.613. The van der Waals surface area contributed by atoms with E-state index in [1.54, 1.807) is 0 Å². The molecule has 0 saturated heterocycles. The summed E-state index contributed by atoms with van der Waals surface area (Å²) in [5.74, 6) is -3.33. The molecule has 0 fully saturated rings. The molecule has 5 nitrogen and oxygen atoms in total. The van der Waals surface area contributed by atoms with Crippen LogP contribution in [0.4, 0.5) is 0 Å². The van der Waals surface area contributed by atoms with E-state index in [1.165, 1.54) is 13.0 Å². The second kappa shape index (κ2) is 4.86. The summed E-state index contributed by atoms with van der Waals surface area (Å²) in [5.41, 5.74) is -0.754. The third-order valence-corrected chi connectivity index (χ3v) is 1.42. The van der Waals surface area contributed by atoms with Gasteiger partial charge in [0.05, 0.1) is 11.1 Å². The zero-order valence-corrected chi connectivity index (χ0v) is 7.52. The second-order valence-electron chi connectivity index (χ2n) is 2.36. The molecule has 0 aliphatic carbocycles. The number of hydrogen-bond donors (Lipinski definition) is 3. The lowest BCUT2D eigenvalue weighted by atomic mass is 10.1. The van der Waals surface area contributed by atoms with Gasteiger partial charge in [0.25, 0.3) is 0 Å². The van der Waals surface area contributed by atoms with Crippen molar-refractivity contribution in [3.63, 3.8) is 0 Å². The van der Waals surface area contributed by atoms with Crippen molar-refractivity contribution < 1.29 is 24.9 Å². The number of carboxylic acid groups (broad SMARTS) is 2. The summed E-state index contributed by atoms with van der Waals surface area (Å²) in [6.07, 6.45) is 2.06. The van der Waals surface area contributed by atoms with Crippen molar-refractivity contribution in [3.05, 3.63) is 35.6 Å². The van der Waals surface area contributed by atoms with Crippen molar-refractivity contribution in [3.8, 4) is 0 Å². The number of aliphatic hydroxyl groups is 1. The molecule has 0 unspecified atom stereocenters. The predicted molar refractivity (Wildman–Crippen MR) is 48.9 cm³/mol. The topological polar surface area (TPSA) is 94.8 Å². The van der Waals surface area contributed by atoms with E-state index in [-0.39, 0.29) is 5.57 Å². The first-order chi connectivity index (χ1) is 6.40. The SMILES string of the molecule is C=C(C(=O)O)/C(O)=C\C(=C/C)C(=O)O. The summed E-state index contributed by atoms with van der Waals surface area (Å²) in [4.78, 5) is 20.8. The van der Waals surface area contributed by atoms with Gasteiger partial charge in [-0.15, -0.1) is 0 Å². The standard InChI is InChI=1S/C9H10O5/c1-3-6(9(13)14)4-7(10)5(2)8(11)12/h3-4,10H,2H2,1H3,(H,11,12)(H,13,14)/b6-3+,7-4+. The minimum absolute atomic E-state index is 0.204. The highest BCUT2D eigenvalue weighted by atomic mass is 16.4. The Balaban J connectivity index is 4.93. The number of carbonyl (C=O) groups is 2. The van der Waals surface area contributed by atoms with E-state index in [1.807, 2.05) is 0 Å². The lowest BCUT2D eigenvalue weighted by Crippen LogP contribution is -2.04. The van der Waals surface area contributed by atoms with Gasteiger partial charge < -0.3 is 15.3 Å². The summed E-state index contributed by atoms with van der Waals surface area (Å²) >= 11 is 0. The van der Waals surface area contributed by atoms with Gasteiger partial charge in [-0.05, 0) is 13.0 Å². The van der Waals surface area contributed by atoms with Gasteiger partial charge in [0.2, 0.25) is 0 Å². The lowest BCUT2D eigenvalue weighted by Gasteiger charge is -1.99. The number of aliphatic hydroxyl groups excluding tert-OH is 1. The molecule has 0 bridgehead atoms. The molecule has 0 aliphatic heterocycles. The Morgan fingerprint density at radius 2 is 1.64 bits per heavy atom. The molecular weight excluding hydrogens is 188 g/mol. The van der Waals surface area contributed by atoms with Gasteiger partial charge in [0, 0.05) is 0 Å². The highest BCUT2D eigenvalue weighted by molar-refractivity contribution is 5.93. The number of hydrogen-bond acceptors (Lipinski definition) is 3. The van der Waals surface area contributed by atoms with Crippen LogP contribution in [0.15, 0.2) is 35.6 Å². The molecule has 0 saturated carbocycles. The Labute approximate surface area is 80.3 Å². The van der Waals surface area contributed by atoms with Crippen LogP contribution in [-0.4, -0.2) is 27.3 Å². The fraction of sp³-hybridized carbons (Fsp3) is 0.111. The van der Waals surface area contributed by atoms with E-state index in [0.717, 1.165) is 6.08 Å². The van der Waals surface area contributed by atoms with Crippen LogP contribution in [0, 0.1) is 0 Å². The number of aliphatic carboxylic acids is 2. The minimum atomic E-state index is -1.40. The Morgan fingerprint density at radius 3 is 1.93 bits per heavy atom. The molecule has 14 heavy (non-hydrogen) atoms. The molecule has 3 N–H and O–H groups in total. The van der Waals surface area contributed by atoms with E-state index in [2.05, 4.69) is 6.58 Å². The van der Waals surface area contributed by atoms with E-state index in [9.17, 15) is 9.59 Å². The lowest BCUT2D eigenvalue weighted by molar-refractivity contribution is -0.133. The summed E-state index contributed by atoms with van der Waals surface area (Å²) < 4.78 is 0. The first-order valence-corrected chi connectivity index (χ1v) is 3.63. The fourth-order valence-electron chi connectivity index (χ4n) is 0.613. The van der Waals surface area contributed by atoms with Gasteiger partial charge in [0.15, 0.2) is 0 Å². The van der Waals surface area contributed by atoms with Crippen LogP contribution in [0.25, 0.3) is 0 Å². The Morgan fingerprint density at radius 1 is 1.14 bits per heavy atom. The predicted octanol–water partition coefficient (Wildman–Crippen LogP) is 1.10. The summed E-state index contributed by atoms with van der Waals surface area (Å²) in [6.45, 7) is 4.52. The first-order valence-electron chi connectivity index (χ1n) is 3.63. The normalized spacial score (nSPS) is 12.4. The first kappa shape index (κ1) is 12.0. The summed E-state index contributed by atoms with van der Waals surface area (Å²) in [7, 11) is 0. The van der Waals surface area contributed by atoms with Crippen molar-refractivity contribution >= 4 is 11.9 Å². The van der Waals surface area contributed by atoms with Crippen LogP contribution in [0.5, 0.6) is 0 Å². The molecule has 0 atom stereocenters. The van der Waals surface area contributed by atoms with Gasteiger partial charge in [-0.1, -0.05) is 12.7 Å². The third kappa shape index (κ3) is 3.14. The zero-order chi connectivity index (χ0) is 11.3. The Bertz CT molecular complexity index is 335. The molecule has 76 valence electrons. The number of allylic oxidation sites excluding steroid dienone is 1. The molecule has 0 aromatic rings. The average molecular weight is 198 g/mol. The highest BCUT2D eigenvalue weighted by Crippen LogP contribution is 2.08. The van der Waals surface area contributed by atoms with Crippen LogP contribution in [0.3, 0.4) is 0 Å². The molecule has 0 amide bonds. The van der Waals surface area contributed by atoms with Crippen LogP contribution in [0.2, 0.25) is 0 Å². The minimum Gasteiger partial charge on any atom is -0.507 e. The number of carboxylic acids is 2. The Kier molecular flexibility index (Phi) is 4.15. The molecule has 0 spiro atoms. The maximum Gasteiger partial charge on any atom is 0.338 e. The van der Waals surface area contributed by atoms with Gasteiger partial charge in [-0.25, -0.2) is 9.59 Å². The van der Waals surface area contributed by atoms with Crippen LogP contribution in [0.1, 0.15) is 6.92 Å². The highest BCUT2D eigenvalue weighted by Gasteiger charge is 2.11. The Hall–Kier alpha value is -2.04. The average Bonchev–Trinajstić information content (AvgIpc) is 2.11. The maximum atomic E-state index is 10.5. The smallest absolute Gasteiger partial charge is 0.338 e. The molecular formula is C9H10O5. The quantitative estimate of drug-likeness (QED) is 0.357. The van der Waals surface area contributed by atoms with Crippen LogP contribution < -0.4 is 0 Å². The molecule has 0 aromatic heterocycles. The molecule has 0 radical (unpaired) electrons. The monoisotopic (exact) mass is 198 g/mol. The third-order valence-electron chi connectivity index (χ3n) is 1.42. The van der Waals surface area contributed by atoms with E-state index >= 15 is 0 Å².